The summed E-state index contributed by atoms with van der Waals surface area (Å²) in [5.41, 5.74) is 1.19. The van der Waals surface area contributed by atoms with Crippen LogP contribution in [0.2, 0.25) is 0 Å². The molecule has 25 heavy (non-hydrogen) atoms. The first-order valence-electron chi connectivity index (χ1n) is 8.03. The van der Waals surface area contributed by atoms with Gasteiger partial charge in [-0.05, 0) is 31.0 Å². The van der Waals surface area contributed by atoms with E-state index in [1.807, 2.05) is 18.2 Å². The first-order valence-corrected chi connectivity index (χ1v) is 9.02. The molecule has 6 heteroatoms. The SMILES string of the molecule is C=CCSc1ccccc1NC(=O)c1cc2c([nH]c1=O)CCCC2=O. The summed E-state index contributed by atoms with van der Waals surface area (Å²) in [5, 5.41) is 2.77. The van der Waals surface area contributed by atoms with Crippen LogP contribution in [0.1, 0.15) is 39.3 Å². The van der Waals surface area contributed by atoms with Crippen LogP contribution in [0.3, 0.4) is 0 Å². The highest BCUT2D eigenvalue weighted by Gasteiger charge is 2.22. The molecule has 3 rings (SSSR count). The van der Waals surface area contributed by atoms with Crippen molar-refractivity contribution in [3.63, 3.8) is 0 Å². The number of hydrogen-bond acceptors (Lipinski definition) is 4. The molecule has 1 aromatic heterocycles. The lowest BCUT2D eigenvalue weighted by Crippen LogP contribution is -2.27. The van der Waals surface area contributed by atoms with Crippen molar-refractivity contribution >= 4 is 29.1 Å². The first-order chi connectivity index (χ1) is 12.1. The maximum Gasteiger partial charge on any atom is 0.261 e. The number of amides is 1. The smallest absolute Gasteiger partial charge is 0.261 e. The Morgan fingerprint density at radius 1 is 1.28 bits per heavy atom. The molecule has 0 aliphatic heterocycles. The number of ketones is 1. The highest BCUT2D eigenvalue weighted by atomic mass is 32.2. The average molecular weight is 354 g/mol. The Morgan fingerprint density at radius 2 is 2.08 bits per heavy atom. The van der Waals surface area contributed by atoms with E-state index in [0.29, 0.717) is 35.5 Å². The third kappa shape index (κ3) is 3.74. The monoisotopic (exact) mass is 354 g/mol. The lowest BCUT2D eigenvalue weighted by molar-refractivity contribution is 0.0971. The number of hydrogen-bond donors (Lipinski definition) is 2. The van der Waals surface area contributed by atoms with Gasteiger partial charge in [-0.3, -0.25) is 14.4 Å². The fourth-order valence-corrected chi connectivity index (χ4v) is 3.52. The number of fused-ring (bicyclic) bond motifs is 1. The van der Waals surface area contributed by atoms with Gasteiger partial charge in [-0.15, -0.1) is 18.3 Å². The quantitative estimate of drug-likeness (QED) is 0.637. The third-order valence-electron chi connectivity index (χ3n) is 3.99. The summed E-state index contributed by atoms with van der Waals surface area (Å²) in [4.78, 5) is 40.4. The van der Waals surface area contributed by atoms with Crippen LogP contribution in [0, 0.1) is 0 Å². The van der Waals surface area contributed by atoms with Crippen molar-refractivity contribution in [2.75, 3.05) is 11.1 Å². The van der Waals surface area contributed by atoms with E-state index in [9.17, 15) is 14.4 Å². The third-order valence-corrected chi connectivity index (χ3v) is 5.06. The van der Waals surface area contributed by atoms with Gasteiger partial charge in [0.25, 0.3) is 11.5 Å². The number of carbonyl (C=O) groups is 2. The summed E-state index contributed by atoms with van der Waals surface area (Å²) in [6.45, 7) is 3.69. The number of benzene rings is 1. The van der Waals surface area contributed by atoms with E-state index in [-0.39, 0.29) is 11.3 Å². The Morgan fingerprint density at radius 3 is 2.88 bits per heavy atom. The van der Waals surface area contributed by atoms with Crippen molar-refractivity contribution in [1.29, 1.82) is 0 Å². The first kappa shape index (κ1) is 17.2. The van der Waals surface area contributed by atoms with Gasteiger partial charge in [0.1, 0.15) is 5.56 Å². The molecule has 0 radical (unpaired) electrons. The maximum absolute atomic E-state index is 12.6. The van der Waals surface area contributed by atoms with Crippen LogP contribution in [-0.4, -0.2) is 22.4 Å². The van der Waals surface area contributed by atoms with Crippen molar-refractivity contribution in [1.82, 2.24) is 4.98 Å². The molecule has 2 N–H and O–H groups in total. The summed E-state index contributed by atoms with van der Waals surface area (Å²) < 4.78 is 0. The maximum atomic E-state index is 12.6. The van der Waals surface area contributed by atoms with Gasteiger partial charge in [0.2, 0.25) is 0 Å². The number of nitrogens with one attached hydrogen (secondary N) is 2. The molecular formula is C19H18N2O3S. The van der Waals surface area contributed by atoms with Gasteiger partial charge in [-0.2, -0.15) is 0 Å². The number of H-pyrrole nitrogens is 1. The number of para-hydroxylation sites is 1. The van der Waals surface area contributed by atoms with E-state index in [0.717, 1.165) is 11.3 Å². The molecule has 1 aliphatic rings. The summed E-state index contributed by atoms with van der Waals surface area (Å²) in [6.07, 6.45) is 3.60. The van der Waals surface area contributed by atoms with Gasteiger partial charge in [-0.25, -0.2) is 0 Å². The van der Waals surface area contributed by atoms with Crippen molar-refractivity contribution in [2.24, 2.45) is 0 Å². The zero-order valence-corrected chi connectivity index (χ0v) is 14.4. The highest BCUT2D eigenvalue weighted by Crippen LogP contribution is 2.27. The molecule has 5 nitrogen and oxygen atoms in total. The molecule has 1 aromatic carbocycles. The number of anilines is 1. The number of aromatic amines is 1. The summed E-state index contributed by atoms with van der Waals surface area (Å²) >= 11 is 1.54. The molecule has 1 heterocycles. The van der Waals surface area contributed by atoms with Crippen LogP contribution >= 0.6 is 11.8 Å². The normalized spacial score (nSPS) is 13.2. The number of aryl methyl sites for hydroxylation is 1. The fourth-order valence-electron chi connectivity index (χ4n) is 2.78. The molecule has 128 valence electrons. The van der Waals surface area contributed by atoms with Gasteiger partial charge >= 0.3 is 0 Å². The molecule has 1 amide bonds. The van der Waals surface area contributed by atoms with E-state index >= 15 is 0 Å². The Balaban J connectivity index is 1.90. The van der Waals surface area contributed by atoms with Crippen molar-refractivity contribution in [3.05, 3.63) is 70.2 Å². The molecule has 2 aromatic rings. The minimum Gasteiger partial charge on any atom is -0.325 e. The Kier molecular flexibility index (Phi) is 5.19. The number of Topliss-reactive ketones (excluding diaryl/α,β-unsaturated/α-hetero) is 1. The van der Waals surface area contributed by atoms with Crippen LogP contribution in [0.25, 0.3) is 0 Å². The second kappa shape index (κ2) is 7.53. The summed E-state index contributed by atoms with van der Waals surface area (Å²) in [7, 11) is 0. The number of aromatic nitrogens is 1. The zero-order chi connectivity index (χ0) is 17.8. The van der Waals surface area contributed by atoms with Gasteiger partial charge in [0, 0.05) is 28.3 Å². The van der Waals surface area contributed by atoms with E-state index in [1.54, 1.807) is 12.1 Å². The fraction of sp³-hybridized carbons (Fsp3) is 0.211. The van der Waals surface area contributed by atoms with E-state index in [4.69, 9.17) is 0 Å². The van der Waals surface area contributed by atoms with E-state index in [1.165, 1.54) is 17.8 Å². The number of rotatable bonds is 5. The molecule has 1 aliphatic carbocycles. The molecule has 0 saturated carbocycles. The standard InChI is InChI=1S/C19H18N2O3S/c1-2-10-25-17-9-4-3-6-15(17)21-19(24)13-11-12-14(20-18(13)23)7-5-8-16(12)22/h2-4,6,9,11H,1,5,7-8,10H2,(H,20,23)(H,21,24). The lowest BCUT2D eigenvalue weighted by Gasteiger charge is -2.15. The van der Waals surface area contributed by atoms with Crippen molar-refractivity contribution in [3.8, 4) is 0 Å². The van der Waals surface area contributed by atoms with Crippen LogP contribution in [0.15, 0.2) is 52.7 Å². The Bertz CT molecular complexity index is 902. The molecule has 0 fully saturated rings. The van der Waals surface area contributed by atoms with Crippen molar-refractivity contribution in [2.45, 2.75) is 24.2 Å². The molecule has 0 saturated heterocycles. The largest absolute Gasteiger partial charge is 0.325 e. The van der Waals surface area contributed by atoms with Gasteiger partial charge in [0.05, 0.1) is 5.69 Å². The average Bonchev–Trinajstić information content (AvgIpc) is 2.60. The van der Waals surface area contributed by atoms with Crippen LogP contribution in [0.5, 0.6) is 0 Å². The molecule has 0 bridgehead atoms. The molecule has 0 unspecified atom stereocenters. The van der Waals surface area contributed by atoms with Crippen molar-refractivity contribution < 1.29 is 9.59 Å². The number of pyridine rings is 1. The van der Waals surface area contributed by atoms with Crippen LogP contribution in [0.4, 0.5) is 5.69 Å². The predicted octanol–water partition coefficient (Wildman–Crippen LogP) is 3.42. The summed E-state index contributed by atoms with van der Waals surface area (Å²) in [5.74, 6) is 0.156. The lowest BCUT2D eigenvalue weighted by atomic mass is 9.93. The van der Waals surface area contributed by atoms with E-state index < -0.39 is 11.5 Å². The Labute approximate surface area is 149 Å². The minimum absolute atomic E-state index is 0.0338. The second-order valence-electron chi connectivity index (χ2n) is 5.73. The molecule has 0 atom stereocenters. The van der Waals surface area contributed by atoms with Gasteiger partial charge in [0.15, 0.2) is 5.78 Å². The van der Waals surface area contributed by atoms with E-state index in [2.05, 4.69) is 16.9 Å². The number of carbonyl (C=O) groups excluding carboxylic acids is 2. The second-order valence-corrected chi connectivity index (χ2v) is 6.79. The molecule has 0 spiro atoms. The van der Waals surface area contributed by atoms with Gasteiger partial charge < -0.3 is 10.3 Å². The summed E-state index contributed by atoms with van der Waals surface area (Å²) in [6, 6.07) is 8.79. The predicted molar refractivity (Wildman–Crippen MR) is 99.6 cm³/mol. The van der Waals surface area contributed by atoms with Crippen LogP contribution < -0.4 is 10.9 Å². The number of thioether (sulfide) groups is 1. The Hall–Kier alpha value is -2.60. The topological polar surface area (TPSA) is 79.0 Å². The highest BCUT2D eigenvalue weighted by molar-refractivity contribution is 7.99. The minimum atomic E-state index is -0.519. The van der Waals surface area contributed by atoms with Crippen LogP contribution in [-0.2, 0) is 6.42 Å². The zero-order valence-electron chi connectivity index (χ0n) is 13.6. The van der Waals surface area contributed by atoms with Gasteiger partial charge in [-0.1, -0.05) is 18.2 Å². The molecular weight excluding hydrogens is 336 g/mol.